The van der Waals surface area contributed by atoms with Crippen LogP contribution in [0.5, 0.6) is 0 Å². The van der Waals surface area contributed by atoms with Gasteiger partial charge >= 0.3 is 5.97 Å². The highest BCUT2D eigenvalue weighted by Gasteiger charge is 2.31. The highest BCUT2D eigenvalue weighted by Crippen LogP contribution is 2.29. The Bertz CT molecular complexity index is 692. The van der Waals surface area contributed by atoms with Crippen LogP contribution in [0.3, 0.4) is 0 Å². The van der Waals surface area contributed by atoms with Gasteiger partial charge in [0.15, 0.2) is 5.60 Å². The van der Waals surface area contributed by atoms with Crippen LogP contribution in [0.15, 0.2) is 29.6 Å². The Morgan fingerprint density at radius 2 is 2.05 bits per heavy atom. The van der Waals surface area contributed by atoms with Crippen molar-refractivity contribution in [3.05, 3.63) is 35.2 Å². The van der Waals surface area contributed by atoms with Crippen molar-refractivity contribution < 1.29 is 19.4 Å². The predicted molar refractivity (Wildman–Crippen MR) is 85.6 cm³/mol. The molecule has 0 fully saturated rings. The predicted octanol–water partition coefficient (Wildman–Crippen LogP) is 2.39. The van der Waals surface area contributed by atoms with E-state index in [1.165, 1.54) is 20.8 Å². The van der Waals surface area contributed by atoms with Gasteiger partial charge in [-0.05, 0) is 30.7 Å². The fourth-order valence-corrected chi connectivity index (χ4v) is 3.18. The van der Waals surface area contributed by atoms with Crippen LogP contribution >= 0.6 is 11.3 Å². The van der Waals surface area contributed by atoms with E-state index in [0.29, 0.717) is 0 Å². The number of ether oxygens (including phenoxy) is 1. The zero-order valence-corrected chi connectivity index (χ0v) is 13.6. The number of aliphatic hydroxyl groups excluding tert-OH is 1. The number of esters is 1. The van der Waals surface area contributed by atoms with E-state index in [1.807, 2.05) is 29.6 Å². The Morgan fingerprint density at radius 1 is 1.36 bits per heavy atom. The standard InChI is InChI=1S/C16H19NO4S/c1-10(18)21-16(2,3)15(20)17-8-13(19)12-9-22-14-7-5-4-6-11(12)14/h4-7,9,13,19H,8H2,1-3H3,(H,17,20). The monoisotopic (exact) mass is 321 g/mol. The van der Waals surface area contributed by atoms with Gasteiger partial charge in [0, 0.05) is 23.7 Å². The number of thiophene rings is 1. The molecule has 0 saturated carbocycles. The normalized spacial score (nSPS) is 12.9. The Labute approximate surface area is 132 Å². The molecule has 2 aromatic rings. The molecule has 2 rings (SSSR count). The van der Waals surface area contributed by atoms with E-state index in [2.05, 4.69) is 5.32 Å². The molecule has 118 valence electrons. The average Bonchev–Trinajstić information content (AvgIpc) is 2.87. The largest absolute Gasteiger partial charge is 0.450 e. The minimum absolute atomic E-state index is 0.0598. The third-order valence-electron chi connectivity index (χ3n) is 3.27. The Morgan fingerprint density at radius 3 is 2.73 bits per heavy atom. The summed E-state index contributed by atoms with van der Waals surface area (Å²) in [7, 11) is 0. The van der Waals surface area contributed by atoms with Crippen molar-refractivity contribution in [1.29, 1.82) is 0 Å². The third kappa shape index (κ3) is 3.64. The van der Waals surface area contributed by atoms with Crippen LogP contribution in [0, 0.1) is 0 Å². The fourth-order valence-electron chi connectivity index (χ4n) is 2.17. The van der Waals surface area contributed by atoms with Crippen LogP contribution in [0.25, 0.3) is 10.1 Å². The number of amides is 1. The Kier molecular flexibility index (Phi) is 4.83. The zero-order chi connectivity index (χ0) is 16.3. The number of rotatable bonds is 5. The second kappa shape index (κ2) is 6.46. The Balaban J connectivity index is 2.02. The molecule has 6 heteroatoms. The van der Waals surface area contributed by atoms with Crippen molar-refractivity contribution >= 4 is 33.3 Å². The van der Waals surface area contributed by atoms with Gasteiger partial charge in [-0.2, -0.15) is 0 Å². The highest BCUT2D eigenvalue weighted by molar-refractivity contribution is 7.17. The summed E-state index contributed by atoms with van der Waals surface area (Å²) in [6.45, 7) is 4.33. The van der Waals surface area contributed by atoms with Crippen LogP contribution < -0.4 is 5.32 Å². The fraction of sp³-hybridized carbons (Fsp3) is 0.375. The van der Waals surface area contributed by atoms with Gasteiger partial charge in [0.05, 0.1) is 6.10 Å². The van der Waals surface area contributed by atoms with Gasteiger partial charge in [0.2, 0.25) is 0 Å². The van der Waals surface area contributed by atoms with E-state index in [9.17, 15) is 14.7 Å². The molecule has 1 atom stereocenters. The maximum absolute atomic E-state index is 12.0. The second-order valence-corrected chi connectivity index (χ2v) is 6.43. The summed E-state index contributed by atoms with van der Waals surface area (Å²) in [6.07, 6.45) is -0.812. The van der Waals surface area contributed by atoms with Crippen molar-refractivity contribution in [3.63, 3.8) is 0 Å². The van der Waals surface area contributed by atoms with Crippen LogP contribution in [0.4, 0.5) is 0 Å². The van der Waals surface area contributed by atoms with E-state index in [1.54, 1.807) is 11.3 Å². The first-order chi connectivity index (χ1) is 10.3. The quantitative estimate of drug-likeness (QED) is 0.829. The minimum atomic E-state index is -1.26. The molecule has 0 aliphatic heterocycles. The van der Waals surface area contributed by atoms with Gasteiger partial charge in [-0.15, -0.1) is 11.3 Å². The molecule has 0 spiro atoms. The number of hydrogen-bond donors (Lipinski definition) is 2. The summed E-state index contributed by atoms with van der Waals surface area (Å²) in [5, 5.41) is 15.8. The second-order valence-electron chi connectivity index (χ2n) is 5.52. The maximum Gasteiger partial charge on any atom is 0.303 e. The van der Waals surface area contributed by atoms with E-state index >= 15 is 0 Å². The van der Waals surface area contributed by atoms with Gasteiger partial charge in [-0.3, -0.25) is 9.59 Å². The summed E-state index contributed by atoms with van der Waals surface area (Å²) >= 11 is 1.55. The summed E-state index contributed by atoms with van der Waals surface area (Å²) in [6, 6.07) is 7.78. The summed E-state index contributed by atoms with van der Waals surface area (Å²) in [5.41, 5.74) is -0.478. The Hall–Kier alpha value is -1.92. The maximum atomic E-state index is 12.0. The molecule has 0 radical (unpaired) electrons. The van der Waals surface area contributed by atoms with Crippen LogP contribution in [0.2, 0.25) is 0 Å². The molecule has 1 amide bonds. The van der Waals surface area contributed by atoms with Gasteiger partial charge < -0.3 is 15.2 Å². The zero-order valence-electron chi connectivity index (χ0n) is 12.8. The van der Waals surface area contributed by atoms with Crippen molar-refractivity contribution in [2.45, 2.75) is 32.5 Å². The van der Waals surface area contributed by atoms with Gasteiger partial charge in [0.1, 0.15) is 0 Å². The number of aliphatic hydroxyl groups is 1. The first kappa shape index (κ1) is 16.5. The third-order valence-corrected chi connectivity index (χ3v) is 4.25. The number of carbonyl (C=O) groups is 2. The molecule has 1 heterocycles. The minimum Gasteiger partial charge on any atom is -0.450 e. The van der Waals surface area contributed by atoms with Gasteiger partial charge in [0.25, 0.3) is 5.91 Å². The molecule has 1 aromatic carbocycles. The van der Waals surface area contributed by atoms with Crippen molar-refractivity contribution in [1.82, 2.24) is 5.32 Å². The highest BCUT2D eigenvalue weighted by atomic mass is 32.1. The number of hydrogen-bond acceptors (Lipinski definition) is 5. The first-order valence-electron chi connectivity index (χ1n) is 6.93. The van der Waals surface area contributed by atoms with E-state index in [-0.39, 0.29) is 6.54 Å². The van der Waals surface area contributed by atoms with Crippen molar-refractivity contribution in [3.8, 4) is 0 Å². The SMILES string of the molecule is CC(=O)OC(C)(C)C(=O)NCC(O)c1csc2ccccc12. The molecule has 2 N–H and O–H groups in total. The smallest absolute Gasteiger partial charge is 0.303 e. The molecule has 0 bridgehead atoms. The molecule has 0 aliphatic rings. The molecule has 22 heavy (non-hydrogen) atoms. The average molecular weight is 321 g/mol. The lowest BCUT2D eigenvalue weighted by atomic mass is 10.1. The lowest BCUT2D eigenvalue weighted by Crippen LogP contribution is -2.46. The molecule has 0 aliphatic carbocycles. The topological polar surface area (TPSA) is 75.6 Å². The molecule has 1 aromatic heterocycles. The van der Waals surface area contributed by atoms with E-state index in [4.69, 9.17) is 4.74 Å². The van der Waals surface area contributed by atoms with Crippen LogP contribution in [-0.4, -0.2) is 29.1 Å². The van der Waals surface area contributed by atoms with Crippen molar-refractivity contribution in [2.24, 2.45) is 0 Å². The first-order valence-corrected chi connectivity index (χ1v) is 7.81. The molecule has 1 unspecified atom stereocenters. The molecule has 5 nitrogen and oxygen atoms in total. The summed E-state index contributed by atoms with van der Waals surface area (Å²) in [4.78, 5) is 23.0. The number of benzene rings is 1. The summed E-state index contributed by atoms with van der Waals surface area (Å²) in [5.74, 6) is -0.967. The molecular weight excluding hydrogens is 302 g/mol. The molecule has 0 saturated heterocycles. The van der Waals surface area contributed by atoms with E-state index in [0.717, 1.165) is 15.6 Å². The van der Waals surface area contributed by atoms with Crippen molar-refractivity contribution in [2.75, 3.05) is 6.54 Å². The number of fused-ring (bicyclic) bond motifs is 1. The van der Waals surface area contributed by atoms with Crippen LogP contribution in [-0.2, 0) is 14.3 Å². The van der Waals surface area contributed by atoms with Crippen LogP contribution in [0.1, 0.15) is 32.4 Å². The number of carbonyl (C=O) groups excluding carboxylic acids is 2. The lowest BCUT2D eigenvalue weighted by Gasteiger charge is -2.24. The number of nitrogens with one attached hydrogen (secondary N) is 1. The van der Waals surface area contributed by atoms with Gasteiger partial charge in [-0.1, -0.05) is 18.2 Å². The van der Waals surface area contributed by atoms with Gasteiger partial charge in [-0.25, -0.2) is 0 Å². The van der Waals surface area contributed by atoms with E-state index < -0.39 is 23.6 Å². The lowest BCUT2D eigenvalue weighted by molar-refractivity contribution is -0.163. The molecular formula is C16H19NO4S. The summed E-state index contributed by atoms with van der Waals surface area (Å²) < 4.78 is 6.05.